The van der Waals surface area contributed by atoms with Gasteiger partial charge in [-0.3, -0.25) is 4.79 Å². The zero-order valence-electron chi connectivity index (χ0n) is 19.4. The van der Waals surface area contributed by atoms with E-state index in [4.69, 9.17) is 9.47 Å². The predicted molar refractivity (Wildman–Crippen MR) is 126 cm³/mol. The molecule has 8 heteroatoms. The van der Waals surface area contributed by atoms with Gasteiger partial charge < -0.3 is 24.8 Å². The molecule has 4 aliphatic rings. The van der Waals surface area contributed by atoms with Crippen LogP contribution in [0.3, 0.4) is 0 Å². The highest BCUT2D eigenvalue weighted by atomic mass is 16.5. The SMILES string of the molecule is O=C(NCC1(C(=O)N2CC3CCOC3(C(=O)O)C2)CC1)OCC1c2ccccc2-c2ccccc21. The summed E-state index contributed by atoms with van der Waals surface area (Å²) in [5, 5.41) is 12.5. The van der Waals surface area contributed by atoms with Gasteiger partial charge in [-0.25, -0.2) is 9.59 Å². The smallest absolute Gasteiger partial charge is 0.407 e. The lowest BCUT2D eigenvalue weighted by atomic mass is 9.91. The lowest BCUT2D eigenvalue weighted by molar-refractivity contribution is -0.161. The summed E-state index contributed by atoms with van der Waals surface area (Å²) >= 11 is 0. The maximum Gasteiger partial charge on any atom is 0.407 e. The van der Waals surface area contributed by atoms with Crippen LogP contribution in [0.4, 0.5) is 4.79 Å². The molecule has 3 fully saturated rings. The molecule has 2 aromatic rings. The number of hydrogen-bond donors (Lipinski definition) is 2. The van der Waals surface area contributed by atoms with Crippen LogP contribution in [0.1, 0.15) is 36.3 Å². The Morgan fingerprint density at radius 2 is 1.71 bits per heavy atom. The minimum absolute atomic E-state index is 0.0270. The van der Waals surface area contributed by atoms with Crippen molar-refractivity contribution in [2.24, 2.45) is 11.3 Å². The standard InChI is InChI=1S/C27H28N2O6/c30-23(29-13-17-9-12-35-27(17,16-29)24(31)32)26(10-11-26)15-28-25(33)34-14-22-20-7-3-1-5-18(20)19-6-2-4-8-21(19)22/h1-8,17,22H,9-16H2,(H,28,33)(H,31,32). The number of carboxylic acid groups (broad SMARTS) is 1. The monoisotopic (exact) mass is 476 g/mol. The number of alkyl carbamates (subject to hydrolysis) is 1. The summed E-state index contributed by atoms with van der Waals surface area (Å²) in [4.78, 5) is 39.3. The third kappa shape index (κ3) is 3.50. The van der Waals surface area contributed by atoms with Crippen molar-refractivity contribution in [1.29, 1.82) is 0 Å². The summed E-state index contributed by atoms with van der Waals surface area (Å²) < 4.78 is 11.2. The van der Waals surface area contributed by atoms with E-state index in [1.54, 1.807) is 4.90 Å². The highest BCUT2D eigenvalue weighted by Crippen LogP contribution is 2.49. The number of likely N-dealkylation sites (tertiary alicyclic amines) is 1. The number of rotatable bonds is 6. The first kappa shape index (κ1) is 22.1. The van der Waals surface area contributed by atoms with E-state index in [1.165, 1.54) is 0 Å². The Bertz CT molecular complexity index is 1160. The van der Waals surface area contributed by atoms with Gasteiger partial charge in [0.15, 0.2) is 5.60 Å². The number of carbonyl (C=O) groups excluding carboxylic acids is 2. The van der Waals surface area contributed by atoms with Crippen LogP contribution in [0.25, 0.3) is 11.1 Å². The van der Waals surface area contributed by atoms with E-state index in [0.717, 1.165) is 22.3 Å². The lowest BCUT2D eigenvalue weighted by Gasteiger charge is -2.26. The van der Waals surface area contributed by atoms with Gasteiger partial charge in [0.1, 0.15) is 6.61 Å². The number of ether oxygens (including phenoxy) is 2. The van der Waals surface area contributed by atoms with Gasteiger partial charge in [0, 0.05) is 31.5 Å². The summed E-state index contributed by atoms with van der Waals surface area (Å²) in [7, 11) is 0. The maximum absolute atomic E-state index is 13.3. The van der Waals surface area contributed by atoms with E-state index in [9.17, 15) is 19.5 Å². The third-order valence-corrected chi connectivity index (χ3v) is 8.22. The van der Waals surface area contributed by atoms with Crippen LogP contribution in [0, 0.1) is 11.3 Å². The molecule has 8 nitrogen and oxygen atoms in total. The highest BCUT2D eigenvalue weighted by Gasteiger charge is 2.61. The van der Waals surface area contributed by atoms with Gasteiger partial charge in [0.2, 0.25) is 5.91 Å². The molecule has 2 unspecified atom stereocenters. The molecule has 2 atom stereocenters. The Kier molecular flexibility index (Phi) is 5.11. The van der Waals surface area contributed by atoms with Gasteiger partial charge in [0.25, 0.3) is 0 Å². The van der Waals surface area contributed by atoms with Crippen LogP contribution in [0.5, 0.6) is 0 Å². The van der Waals surface area contributed by atoms with Crippen LogP contribution in [-0.2, 0) is 19.1 Å². The minimum Gasteiger partial charge on any atom is -0.479 e. The van der Waals surface area contributed by atoms with E-state index in [2.05, 4.69) is 29.6 Å². The molecule has 0 spiro atoms. The van der Waals surface area contributed by atoms with Crippen molar-refractivity contribution in [3.8, 4) is 11.1 Å². The Labute approximate surface area is 203 Å². The molecule has 182 valence electrons. The number of nitrogens with one attached hydrogen (secondary N) is 1. The van der Waals surface area contributed by atoms with Gasteiger partial charge in [-0.1, -0.05) is 48.5 Å². The van der Waals surface area contributed by atoms with Crippen LogP contribution in [-0.4, -0.2) is 66.4 Å². The van der Waals surface area contributed by atoms with Gasteiger partial charge in [0.05, 0.1) is 12.0 Å². The molecular formula is C27H28N2O6. The Balaban J connectivity index is 1.06. The molecule has 6 rings (SSSR count). The molecule has 2 aliphatic heterocycles. The Morgan fingerprint density at radius 1 is 1.06 bits per heavy atom. The van der Waals surface area contributed by atoms with Crippen molar-refractivity contribution in [2.75, 3.05) is 32.8 Å². The van der Waals surface area contributed by atoms with Crippen molar-refractivity contribution in [1.82, 2.24) is 10.2 Å². The second kappa shape index (κ2) is 8.09. The fraction of sp³-hybridized carbons (Fsp3) is 0.444. The van der Waals surface area contributed by atoms with Crippen molar-refractivity contribution < 1.29 is 29.0 Å². The number of carbonyl (C=O) groups is 3. The zero-order chi connectivity index (χ0) is 24.2. The molecule has 0 bridgehead atoms. The number of nitrogens with zero attached hydrogens (tertiary/aromatic N) is 1. The molecular weight excluding hydrogens is 448 g/mol. The van der Waals surface area contributed by atoms with E-state index in [1.807, 2.05) is 24.3 Å². The maximum atomic E-state index is 13.3. The molecule has 2 aliphatic carbocycles. The highest BCUT2D eigenvalue weighted by molar-refractivity contribution is 5.89. The van der Waals surface area contributed by atoms with E-state index >= 15 is 0 Å². The molecule has 1 saturated carbocycles. The molecule has 2 heterocycles. The molecule has 2 amide bonds. The van der Waals surface area contributed by atoms with E-state index in [0.29, 0.717) is 32.4 Å². The molecule has 2 N–H and O–H groups in total. The average molecular weight is 477 g/mol. The first-order chi connectivity index (χ1) is 16.9. The number of aliphatic carboxylic acids is 1. The van der Waals surface area contributed by atoms with Gasteiger partial charge >= 0.3 is 12.1 Å². The Morgan fingerprint density at radius 3 is 2.31 bits per heavy atom. The minimum atomic E-state index is -1.29. The number of fused-ring (bicyclic) bond motifs is 4. The zero-order valence-corrected chi connectivity index (χ0v) is 19.4. The second-order valence-corrected chi connectivity index (χ2v) is 10.2. The molecule has 0 radical (unpaired) electrons. The average Bonchev–Trinajstić information content (AvgIpc) is 3.24. The second-order valence-electron chi connectivity index (χ2n) is 10.2. The fourth-order valence-corrected chi connectivity index (χ4v) is 6.06. The summed E-state index contributed by atoms with van der Waals surface area (Å²) in [5.41, 5.74) is 2.65. The summed E-state index contributed by atoms with van der Waals surface area (Å²) in [6, 6.07) is 16.3. The summed E-state index contributed by atoms with van der Waals surface area (Å²) in [5.74, 6) is -1.32. The molecule has 2 saturated heterocycles. The largest absolute Gasteiger partial charge is 0.479 e. The molecule has 35 heavy (non-hydrogen) atoms. The van der Waals surface area contributed by atoms with Crippen molar-refractivity contribution >= 4 is 18.0 Å². The predicted octanol–water partition coefficient (Wildman–Crippen LogP) is 3.01. The van der Waals surface area contributed by atoms with Crippen molar-refractivity contribution in [2.45, 2.75) is 30.8 Å². The number of carboxylic acids is 1. The summed E-state index contributed by atoms with van der Waals surface area (Å²) in [6.07, 6.45) is 1.42. The first-order valence-corrected chi connectivity index (χ1v) is 12.2. The molecule has 2 aromatic carbocycles. The fourth-order valence-electron chi connectivity index (χ4n) is 6.06. The van der Waals surface area contributed by atoms with Crippen LogP contribution < -0.4 is 5.32 Å². The quantitative estimate of drug-likeness (QED) is 0.664. The third-order valence-electron chi connectivity index (χ3n) is 8.22. The first-order valence-electron chi connectivity index (χ1n) is 12.2. The van der Waals surface area contributed by atoms with Crippen molar-refractivity contribution in [3.05, 3.63) is 59.7 Å². The van der Waals surface area contributed by atoms with Gasteiger partial charge in [-0.15, -0.1) is 0 Å². The summed E-state index contributed by atoms with van der Waals surface area (Å²) in [6.45, 7) is 1.27. The van der Waals surface area contributed by atoms with Crippen LogP contribution in [0.2, 0.25) is 0 Å². The van der Waals surface area contributed by atoms with Crippen LogP contribution in [0.15, 0.2) is 48.5 Å². The van der Waals surface area contributed by atoms with Gasteiger partial charge in [-0.2, -0.15) is 0 Å². The number of amides is 2. The van der Waals surface area contributed by atoms with Crippen LogP contribution >= 0.6 is 0 Å². The number of hydrogen-bond acceptors (Lipinski definition) is 5. The van der Waals surface area contributed by atoms with E-state index in [-0.39, 0.29) is 37.4 Å². The molecule has 0 aromatic heterocycles. The lowest BCUT2D eigenvalue weighted by Crippen LogP contribution is -2.47. The number of benzene rings is 2. The normalized spacial score (nSPS) is 25.5. The van der Waals surface area contributed by atoms with E-state index < -0.39 is 23.1 Å². The van der Waals surface area contributed by atoms with Gasteiger partial charge in [-0.05, 0) is 41.5 Å². The topological polar surface area (TPSA) is 105 Å². The Hall–Kier alpha value is -3.39. The van der Waals surface area contributed by atoms with Crippen molar-refractivity contribution in [3.63, 3.8) is 0 Å².